The SMILES string of the molecule is COC(=O)/C=C/C(=O)OCC(C)(CO)C(=O)O. The molecule has 0 aliphatic rings. The van der Waals surface area contributed by atoms with Gasteiger partial charge in [-0.2, -0.15) is 0 Å². The number of carboxylic acid groups (broad SMARTS) is 1. The van der Waals surface area contributed by atoms with Crippen molar-refractivity contribution in [2.75, 3.05) is 20.3 Å². The fourth-order valence-electron chi connectivity index (χ4n) is 0.658. The van der Waals surface area contributed by atoms with Crippen LogP contribution in [0, 0.1) is 5.41 Å². The highest BCUT2D eigenvalue weighted by Gasteiger charge is 2.34. The van der Waals surface area contributed by atoms with E-state index in [1.54, 1.807) is 0 Å². The molecule has 0 heterocycles. The molecule has 0 aromatic heterocycles. The number of carbonyl (C=O) groups is 3. The van der Waals surface area contributed by atoms with E-state index in [1.165, 1.54) is 6.92 Å². The van der Waals surface area contributed by atoms with E-state index >= 15 is 0 Å². The number of rotatable bonds is 6. The van der Waals surface area contributed by atoms with Crippen LogP contribution in [0.3, 0.4) is 0 Å². The van der Waals surface area contributed by atoms with E-state index in [4.69, 9.17) is 10.2 Å². The van der Waals surface area contributed by atoms with E-state index in [-0.39, 0.29) is 0 Å². The average Bonchev–Trinajstić information content (AvgIpc) is 2.32. The van der Waals surface area contributed by atoms with Crippen molar-refractivity contribution in [3.8, 4) is 0 Å². The highest BCUT2D eigenvalue weighted by molar-refractivity contribution is 5.91. The van der Waals surface area contributed by atoms with Gasteiger partial charge in [0.1, 0.15) is 12.0 Å². The molecule has 0 aromatic carbocycles. The number of carboxylic acids is 1. The van der Waals surface area contributed by atoms with E-state index in [2.05, 4.69) is 9.47 Å². The molecule has 0 saturated carbocycles. The van der Waals surface area contributed by atoms with Crippen molar-refractivity contribution < 1.29 is 34.1 Å². The smallest absolute Gasteiger partial charge is 0.331 e. The van der Waals surface area contributed by atoms with Crippen LogP contribution in [0.5, 0.6) is 0 Å². The maximum atomic E-state index is 11.1. The molecule has 1 unspecified atom stereocenters. The summed E-state index contributed by atoms with van der Waals surface area (Å²) in [6, 6.07) is 0. The summed E-state index contributed by atoms with van der Waals surface area (Å²) in [5, 5.41) is 17.6. The van der Waals surface area contributed by atoms with Crippen molar-refractivity contribution in [1.82, 2.24) is 0 Å². The van der Waals surface area contributed by atoms with Gasteiger partial charge >= 0.3 is 17.9 Å². The number of ether oxygens (including phenoxy) is 2. The Kier molecular flexibility index (Phi) is 5.90. The molecule has 2 N–H and O–H groups in total. The van der Waals surface area contributed by atoms with Gasteiger partial charge in [-0.05, 0) is 6.92 Å². The Balaban J connectivity index is 4.29. The Morgan fingerprint density at radius 3 is 2.18 bits per heavy atom. The van der Waals surface area contributed by atoms with Crippen LogP contribution in [0.2, 0.25) is 0 Å². The van der Waals surface area contributed by atoms with Crippen molar-refractivity contribution in [2.45, 2.75) is 6.92 Å². The summed E-state index contributed by atoms with van der Waals surface area (Å²) in [4.78, 5) is 32.4. The van der Waals surface area contributed by atoms with Crippen LogP contribution >= 0.6 is 0 Å². The summed E-state index contributed by atoms with van der Waals surface area (Å²) < 4.78 is 8.82. The number of methoxy groups -OCH3 is 1. The highest BCUT2D eigenvalue weighted by atomic mass is 16.5. The van der Waals surface area contributed by atoms with Crippen LogP contribution in [-0.2, 0) is 23.9 Å². The van der Waals surface area contributed by atoms with Gasteiger partial charge in [0, 0.05) is 12.2 Å². The lowest BCUT2D eigenvalue weighted by atomic mass is 9.93. The number of esters is 2. The maximum absolute atomic E-state index is 11.1. The third-order valence-electron chi connectivity index (χ3n) is 1.95. The third-order valence-corrected chi connectivity index (χ3v) is 1.95. The van der Waals surface area contributed by atoms with Crippen LogP contribution in [0.25, 0.3) is 0 Å². The van der Waals surface area contributed by atoms with Gasteiger partial charge in [-0.15, -0.1) is 0 Å². The van der Waals surface area contributed by atoms with E-state index < -0.39 is 36.5 Å². The summed E-state index contributed by atoms with van der Waals surface area (Å²) >= 11 is 0. The number of carbonyl (C=O) groups excluding carboxylic acids is 2. The van der Waals surface area contributed by atoms with Gasteiger partial charge in [0.25, 0.3) is 0 Å². The molecule has 0 aliphatic heterocycles. The van der Waals surface area contributed by atoms with Crippen molar-refractivity contribution in [3.63, 3.8) is 0 Å². The van der Waals surface area contributed by atoms with E-state index in [0.29, 0.717) is 0 Å². The first-order valence-corrected chi connectivity index (χ1v) is 4.63. The molecule has 0 aromatic rings. The lowest BCUT2D eigenvalue weighted by molar-refractivity contribution is -0.158. The molecule has 17 heavy (non-hydrogen) atoms. The molecule has 0 aliphatic carbocycles. The molecule has 0 fully saturated rings. The quantitative estimate of drug-likeness (QED) is 0.473. The monoisotopic (exact) mass is 246 g/mol. The molecular formula is C10H14O7. The Morgan fingerprint density at radius 2 is 1.76 bits per heavy atom. The number of aliphatic hydroxyl groups excluding tert-OH is 1. The number of aliphatic carboxylic acids is 1. The molecular weight excluding hydrogens is 232 g/mol. The zero-order valence-corrected chi connectivity index (χ0v) is 9.50. The van der Waals surface area contributed by atoms with Gasteiger partial charge in [-0.3, -0.25) is 4.79 Å². The number of hydrogen-bond acceptors (Lipinski definition) is 6. The minimum absolute atomic E-state index is 0.497. The normalized spacial score (nSPS) is 14.1. The standard InChI is InChI=1S/C10H14O7/c1-10(5-11,9(14)15)6-17-8(13)4-3-7(12)16-2/h3-4,11H,5-6H2,1-2H3,(H,14,15)/b4-3+. The molecule has 0 spiro atoms. The topological polar surface area (TPSA) is 110 Å². The van der Waals surface area contributed by atoms with Crippen LogP contribution < -0.4 is 0 Å². The fraction of sp³-hybridized carbons (Fsp3) is 0.500. The van der Waals surface area contributed by atoms with Gasteiger partial charge in [-0.25, -0.2) is 9.59 Å². The first kappa shape index (κ1) is 15.1. The number of aliphatic hydroxyl groups is 1. The predicted octanol–water partition coefficient (Wildman–Crippen LogP) is -0.658. The summed E-state index contributed by atoms with van der Waals surface area (Å²) in [7, 11) is 1.14. The minimum atomic E-state index is -1.56. The molecule has 0 radical (unpaired) electrons. The molecule has 7 heteroatoms. The van der Waals surface area contributed by atoms with Gasteiger partial charge in [0.05, 0.1) is 13.7 Å². The molecule has 0 bridgehead atoms. The molecule has 1 atom stereocenters. The Bertz CT molecular complexity index is 334. The second-order valence-electron chi connectivity index (χ2n) is 3.49. The summed E-state index contributed by atoms with van der Waals surface area (Å²) in [6.07, 6.45) is 1.66. The van der Waals surface area contributed by atoms with E-state index in [1.807, 2.05) is 0 Å². The zero-order valence-electron chi connectivity index (χ0n) is 9.50. The summed E-state index contributed by atoms with van der Waals surface area (Å²) in [5.74, 6) is -2.91. The van der Waals surface area contributed by atoms with Crippen LogP contribution in [0.15, 0.2) is 12.2 Å². The number of hydrogen-bond donors (Lipinski definition) is 2. The van der Waals surface area contributed by atoms with Gasteiger partial charge in [0.2, 0.25) is 0 Å². The van der Waals surface area contributed by atoms with Crippen molar-refractivity contribution >= 4 is 17.9 Å². The van der Waals surface area contributed by atoms with Crippen molar-refractivity contribution in [2.24, 2.45) is 5.41 Å². The lowest BCUT2D eigenvalue weighted by Gasteiger charge is -2.20. The van der Waals surface area contributed by atoms with Gasteiger partial charge in [-0.1, -0.05) is 0 Å². The average molecular weight is 246 g/mol. The van der Waals surface area contributed by atoms with Crippen molar-refractivity contribution in [3.05, 3.63) is 12.2 Å². The van der Waals surface area contributed by atoms with Gasteiger partial charge < -0.3 is 19.7 Å². The zero-order chi connectivity index (χ0) is 13.5. The molecule has 0 saturated heterocycles. The van der Waals surface area contributed by atoms with E-state index in [9.17, 15) is 14.4 Å². The Hall–Kier alpha value is -1.89. The second kappa shape index (κ2) is 6.64. The largest absolute Gasteiger partial charge is 0.481 e. The summed E-state index contributed by atoms with van der Waals surface area (Å²) in [6.45, 7) is 0.0616. The lowest BCUT2D eigenvalue weighted by Crippen LogP contribution is -2.37. The van der Waals surface area contributed by atoms with Gasteiger partial charge in [0.15, 0.2) is 0 Å². The first-order valence-electron chi connectivity index (χ1n) is 4.63. The van der Waals surface area contributed by atoms with E-state index in [0.717, 1.165) is 19.3 Å². The van der Waals surface area contributed by atoms with Crippen molar-refractivity contribution in [1.29, 1.82) is 0 Å². The molecule has 7 nitrogen and oxygen atoms in total. The second-order valence-corrected chi connectivity index (χ2v) is 3.49. The van der Waals surface area contributed by atoms with Crippen LogP contribution in [-0.4, -0.2) is 48.4 Å². The predicted molar refractivity (Wildman–Crippen MR) is 54.9 cm³/mol. The van der Waals surface area contributed by atoms with Crippen LogP contribution in [0.1, 0.15) is 6.92 Å². The fourth-order valence-corrected chi connectivity index (χ4v) is 0.658. The minimum Gasteiger partial charge on any atom is -0.481 e. The highest BCUT2D eigenvalue weighted by Crippen LogP contribution is 2.15. The maximum Gasteiger partial charge on any atom is 0.331 e. The Labute approximate surface area is 97.6 Å². The molecule has 96 valence electrons. The molecule has 0 rings (SSSR count). The third kappa shape index (κ3) is 5.12. The summed E-state index contributed by atoms with van der Waals surface area (Å²) in [5.41, 5.74) is -1.56. The van der Waals surface area contributed by atoms with Crippen LogP contribution in [0.4, 0.5) is 0 Å². The molecule has 0 amide bonds. The Morgan fingerprint density at radius 1 is 1.24 bits per heavy atom. The first-order chi connectivity index (χ1) is 7.85.